The van der Waals surface area contributed by atoms with Crippen LogP contribution in [0.4, 0.5) is 0 Å². The van der Waals surface area contributed by atoms with Crippen molar-refractivity contribution in [2.75, 3.05) is 39.8 Å². The first-order valence-corrected chi connectivity index (χ1v) is 10.4. The first kappa shape index (κ1) is 22.8. The molecule has 162 valence electrons. The molecule has 2 aliphatic heterocycles. The Balaban J connectivity index is 0.00000256. The summed E-state index contributed by atoms with van der Waals surface area (Å²) in [4.78, 5) is 9.44. The van der Waals surface area contributed by atoms with Crippen LogP contribution in [-0.2, 0) is 13.1 Å². The molecule has 4 rings (SSSR count). The van der Waals surface area contributed by atoms with Crippen LogP contribution in [0.15, 0.2) is 53.5 Å². The number of benzene rings is 2. The van der Waals surface area contributed by atoms with Crippen molar-refractivity contribution in [2.45, 2.75) is 25.6 Å². The van der Waals surface area contributed by atoms with Gasteiger partial charge in [-0.2, -0.15) is 0 Å². The number of guanidine groups is 1. The third-order valence-corrected chi connectivity index (χ3v) is 5.74. The lowest BCUT2D eigenvalue weighted by Gasteiger charge is -2.32. The summed E-state index contributed by atoms with van der Waals surface area (Å²) in [6.07, 6.45) is 0.883. The van der Waals surface area contributed by atoms with Gasteiger partial charge >= 0.3 is 0 Å². The molecule has 2 aliphatic rings. The second-order valence-corrected chi connectivity index (χ2v) is 7.97. The van der Waals surface area contributed by atoms with Gasteiger partial charge in [-0.15, -0.1) is 24.0 Å². The molecular formula is C23H32IN5O. The standard InChI is InChI=1S/C23H31N5O.HI/c1-27-11-13-28(14-12-27)17-19-8-6-18(7-9-19)16-25-23(24)26-21-10-15-29-22-5-3-2-4-20(21)22;/h2-9,21H,10-17H2,1H3,(H3,24,25,26);1H. The fourth-order valence-electron chi connectivity index (χ4n) is 3.91. The molecule has 7 heteroatoms. The predicted octanol–water partition coefficient (Wildman–Crippen LogP) is 2.98. The van der Waals surface area contributed by atoms with Gasteiger partial charge in [0, 0.05) is 44.7 Å². The molecule has 1 unspecified atom stereocenters. The Hall–Kier alpha value is -1.84. The van der Waals surface area contributed by atoms with Crippen molar-refractivity contribution >= 4 is 29.9 Å². The molecule has 3 N–H and O–H groups in total. The highest BCUT2D eigenvalue weighted by atomic mass is 127. The third kappa shape index (κ3) is 6.09. The molecule has 0 aliphatic carbocycles. The van der Waals surface area contributed by atoms with Crippen LogP contribution >= 0.6 is 24.0 Å². The van der Waals surface area contributed by atoms with E-state index < -0.39 is 0 Å². The van der Waals surface area contributed by atoms with Gasteiger partial charge in [-0.05, 0) is 24.2 Å². The number of nitrogens with one attached hydrogen (secondary N) is 1. The molecule has 0 spiro atoms. The normalized spacial score (nSPS) is 20.0. The number of nitrogens with zero attached hydrogens (tertiary/aromatic N) is 3. The topological polar surface area (TPSA) is 66.1 Å². The number of ether oxygens (including phenoxy) is 1. The number of para-hydroxylation sites is 1. The van der Waals surface area contributed by atoms with Gasteiger partial charge in [-0.1, -0.05) is 42.5 Å². The van der Waals surface area contributed by atoms with Crippen LogP contribution in [0.2, 0.25) is 0 Å². The molecule has 0 bridgehead atoms. The predicted molar refractivity (Wildman–Crippen MR) is 132 cm³/mol. The Labute approximate surface area is 196 Å². The van der Waals surface area contributed by atoms with Crippen molar-refractivity contribution in [2.24, 2.45) is 10.7 Å². The van der Waals surface area contributed by atoms with Crippen LogP contribution in [0.3, 0.4) is 0 Å². The number of halogens is 1. The Morgan fingerprint density at radius 1 is 1.07 bits per heavy atom. The fraction of sp³-hybridized carbons (Fsp3) is 0.435. The maximum absolute atomic E-state index is 6.16. The smallest absolute Gasteiger partial charge is 0.189 e. The summed E-state index contributed by atoms with van der Waals surface area (Å²) >= 11 is 0. The zero-order valence-electron chi connectivity index (χ0n) is 17.6. The van der Waals surface area contributed by atoms with E-state index in [0.29, 0.717) is 19.1 Å². The molecule has 0 radical (unpaired) electrons. The highest BCUT2D eigenvalue weighted by Crippen LogP contribution is 2.31. The van der Waals surface area contributed by atoms with E-state index in [0.717, 1.165) is 50.5 Å². The minimum atomic E-state index is 0. The van der Waals surface area contributed by atoms with Gasteiger partial charge < -0.3 is 20.7 Å². The van der Waals surface area contributed by atoms with Gasteiger partial charge in [0.2, 0.25) is 0 Å². The summed E-state index contributed by atoms with van der Waals surface area (Å²) in [5, 5.41) is 3.35. The van der Waals surface area contributed by atoms with E-state index in [1.807, 2.05) is 18.2 Å². The summed E-state index contributed by atoms with van der Waals surface area (Å²) in [5.41, 5.74) is 9.83. The van der Waals surface area contributed by atoms with Crippen molar-refractivity contribution in [3.05, 3.63) is 65.2 Å². The Kier molecular flexibility index (Phi) is 8.35. The molecule has 0 saturated carbocycles. The summed E-state index contributed by atoms with van der Waals surface area (Å²) in [6.45, 7) is 6.87. The molecule has 2 aromatic rings. The van der Waals surface area contributed by atoms with Crippen LogP contribution in [0.25, 0.3) is 0 Å². The van der Waals surface area contributed by atoms with Crippen LogP contribution in [0.1, 0.15) is 29.2 Å². The van der Waals surface area contributed by atoms with Crippen LogP contribution in [0, 0.1) is 0 Å². The number of aliphatic imine (C=N–C) groups is 1. The molecule has 1 atom stereocenters. The van der Waals surface area contributed by atoms with Gasteiger partial charge in [-0.25, -0.2) is 4.99 Å². The maximum atomic E-state index is 6.16. The third-order valence-electron chi connectivity index (χ3n) is 5.74. The quantitative estimate of drug-likeness (QED) is 0.360. The lowest BCUT2D eigenvalue weighted by atomic mass is 10.0. The van der Waals surface area contributed by atoms with Gasteiger partial charge in [0.05, 0.1) is 19.2 Å². The van der Waals surface area contributed by atoms with E-state index >= 15 is 0 Å². The number of piperazine rings is 1. The number of hydrogen-bond donors (Lipinski definition) is 2. The second-order valence-electron chi connectivity index (χ2n) is 7.97. The molecular weight excluding hydrogens is 489 g/mol. The summed E-state index contributed by atoms with van der Waals surface area (Å²) in [6, 6.07) is 17.0. The first-order chi connectivity index (χ1) is 14.2. The molecule has 0 amide bonds. The van der Waals surface area contributed by atoms with E-state index in [1.54, 1.807) is 0 Å². The molecule has 1 fully saturated rings. The minimum absolute atomic E-state index is 0. The Morgan fingerprint density at radius 3 is 2.53 bits per heavy atom. The number of nitrogens with two attached hydrogens (primary N) is 1. The molecule has 1 saturated heterocycles. The lowest BCUT2D eigenvalue weighted by Crippen LogP contribution is -2.43. The molecule has 6 nitrogen and oxygen atoms in total. The van der Waals surface area contributed by atoms with E-state index in [9.17, 15) is 0 Å². The molecule has 2 aromatic carbocycles. The van der Waals surface area contributed by atoms with Gasteiger partial charge in [-0.3, -0.25) is 4.90 Å². The van der Waals surface area contributed by atoms with Gasteiger partial charge in [0.15, 0.2) is 5.96 Å². The Morgan fingerprint density at radius 2 is 1.77 bits per heavy atom. The second kappa shape index (κ2) is 11.0. The highest BCUT2D eigenvalue weighted by molar-refractivity contribution is 14.0. The average Bonchev–Trinajstić information content (AvgIpc) is 2.75. The summed E-state index contributed by atoms with van der Waals surface area (Å²) in [5.74, 6) is 1.41. The van der Waals surface area contributed by atoms with E-state index in [2.05, 4.69) is 57.5 Å². The van der Waals surface area contributed by atoms with Crippen molar-refractivity contribution in [3.8, 4) is 5.75 Å². The summed E-state index contributed by atoms with van der Waals surface area (Å²) < 4.78 is 5.71. The summed E-state index contributed by atoms with van der Waals surface area (Å²) in [7, 11) is 2.19. The average molecular weight is 521 g/mol. The van der Waals surface area contributed by atoms with Gasteiger partial charge in [0.25, 0.3) is 0 Å². The van der Waals surface area contributed by atoms with Crippen molar-refractivity contribution < 1.29 is 4.74 Å². The highest BCUT2D eigenvalue weighted by Gasteiger charge is 2.21. The van der Waals surface area contributed by atoms with Crippen molar-refractivity contribution in [1.82, 2.24) is 15.1 Å². The van der Waals surface area contributed by atoms with Crippen molar-refractivity contribution in [1.29, 1.82) is 0 Å². The molecule has 0 aromatic heterocycles. The van der Waals surface area contributed by atoms with E-state index in [1.165, 1.54) is 11.1 Å². The zero-order valence-corrected chi connectivity index (χ0v) is 19.9. The van der Waals surface area contributed by atoms with E-state index in [4.69, 9.17) is 10.5 Å². The number of fused-ring (bicyclic) bond motifs is 1. The van der Waals surface area contributed by atoms with E-state index in [-0.39, 0.29) is 30.0 Å². The molecule has 2 heterocycles. The van der Waals surface area contributed by atoms with Crippen LogP contribution in [-0.4, -0.2) is 55.6 Å². The SMILES string of the molecule is CN1CCN(Cc2ccc(CN=C(N)NC3CCOc4ccccc43)cc2)CC1.I. The number of rotatable bonds is 5. The minimum Gasteiger partial charge on any atom is -0.493 e. The maximum Gasteiger partial charge on any atom is 0.189 e. The van der Waals surface area contributed by atoms with Crippen LogP contribution in [0.5, 0.6) is 5.75 Å². The molecule has 30 heavy (non-hydrogen) atoms. The monoisotopic (exact) mass is 521 g/mol. The fourth-order valence-corrected chi connectivity index (χ4v) is 3.91. The Bertz CT molecular complexity index is 834. The van der Waals surface area contributed by atoms with Gasteiger partial charge in [0.1, 0.15) is 5.75 Å². The zero-order chi connectivity index (χ0) is 20.1. The number of likely N-dealkylation sites (N-methyl/N-ethyl adjacent to an activating group) is 1. The number of hydrogen-bond acceptors (Lipinski definition) is 4. The van der Waals surface area contributed by atoms with Crippen molar-refractivity contribution in [3.63, 3.8) is 0 Å². The first-order valence-electron chi connectivity index (χ1n) is 10.4. The lowest BCUT2D eigenvalue weighted by molar-refractivity contribution is 0.148. The largest absolute Gasteiger partial charge is 0.493 e. The van der Waals surface area contributed by atoms with Crippen LogP contribution < -0.4 is 15.8 Å².